The molecule has 1 unspecified atom stereocenters. The van der Waals surface area contributed by atoms with E-state index in [4.69, 9.17) is 11.6 Å². The molecule has 4 nitrogen and oxygen atoms in total. The highest BCUT2D eigenvalue weighted by molar-refractivity contribution is 14.0. The van der Waals surface area contributed by atoms with Crippen LogP contribution in [-0.4, -0.2) is 50.3 Å². The molecule has 1 atom stereocenters. The van der Waals surface area contributed by atoms with Crippen LogP contribution in [0.5, 0.6) is 0 Å². The van der Waals surface area contributed by atoms with Gasteiger partial charge < -0.3 is 10.6 Å². The number of rotatable bonds is 5. The maximum atomic E-state index is 12.4. The van der Waals surface area contributed by atoms with Gasteiger partial charge in [-0.25, -0.2) is 0 Å². The van der Waals surface area contributed by atoms with Gasteiger partial charge in [-0.15, -0.1) is 24.0 Å². The number of halogens is 5. The quantitative estimate of drug-likeness (QED) is 0.377. The molecule has 1 aromatic rings. The Morgan fingerprint density at radius 2 is 2.12 bits per heavy atom. The summed E-state index contributed by atoms with van der Waals surface area (Å²) in [6.07, 6.45) is -3.37. The van der Waals surface area contributed by atoms with Gasteiger partial charge in [0.1, 0.15) is 0 Å². The van der Waals surface area contributed by atoms with Gasteiger partial charge in [0.15, 0.2) is 5.96 Å². The fourth-order valence-electron chi connectivity index (χ4n) is 2.77. The molecule has 1 aromatic carbocycles. The van der Waals surface area contributed by atoms with Crippen LogP contribution in [0.2, 0.25) is 5.02 Å². The lowest BCUT2D eigenvalue weighted by molar-refractivity contribution is -0.143. The molecule has 0 aliphatic carbocycles. The van der Waals surface area contributed by atoms with Crippen molar-refractivity contribution in [2.45, 2.75) is 19.1 Å². The van der Waals surface area contributed by atoms with Crippen molar-refractivity contribution in [2.24, 2.45) is 10.9 Å². The molecule has 1 aliphatic heterocycles. The third-order valence-corrected chi connectivity index (χ3v) is 4.14. The summed E-state index contributed by atoms with van der Waals surface area (Å²) in [5.74, 6) is 0.821. The van der Waals surface area contributed by atoms with Crippen molar-refractivity contribution in [3.63, 3.8) is 0 Å². The van der Waals surface area contributed by atoms with Crippen molar-refractivity contribution in [2.75, 3.05) is 33.2 Å². The van der Waals surface area contributed by atoms with E-state index in [0.29, 0.717) is 37.2 Å². The zero-order valence-corrected chi connectivity index (χ0v) is 17.0. The van der Waals surface area contributed by atoms with Crippen LogP contribution in [0.25, 0.3) is 0 Å². The van der Waals surface area contributed by atoms with Crippen LogP contribution < -0.4 is 10.6 Å². The first-order chi connectivity index (χ1) is 11.4. The maximum absolute atomic E-state index is 12.4. The van der Waals surface area contributed by atoms with E-state index in [1.807, 2.05) is 24.3 Å². The number of alkyl halides is 3. The zero-order chi connectivity index (χ0) is 17.6. The molecule has 0 saturated carbocycles. The lowest BCUT2D eigenvalue weighted by Crippen LogP contribution is -2.40. The van der Waals surface area contributed by atoms with Gasteiger partial charge in [0, 0.05) is 31.7 Å². The second kappa shape index (κ2) is 10.4. The van der Waals surface area contributed by atoms with E-state index in [1.54, 1.807) is 7.05 Å². The van der Waals surface area contributed by atoms with Gasteiger partial charge in [0.25, 0.3) is 0 Å². The van der Waals surface area contributed by atoms with Gasteiger partial charge in [-0.1, -0.05) is 23.7 Å². The van der Waals surface area contributed by atoms with Gasteiger partial charge in [-0.05, 0) is 36.6 Å². The van der Waals surface area contributed by atoms with E-state index in [1.165, 1.54) is 4.90 Å². The summed E-state index contributed by atoms with van der Waals surface area (Å²) in [6, 6.07) is 7.51. The van der Waals surface area contributed by atoms with E-state index >= 15 is 0 Å². The highest BCUT2D eigenvalue weighted by Gasteiger charge is 2.34. The number of nitrogens with one attached hydrogen (secondary N) is 2. The van der Waals surface area contributed by atoms with Crippen LogP contribution >= 0.6 is 35.6 Å². The molecule has 1 heterocycles. The zero-order valence-electron chi connectivity index (χ0n) is 13.9. The molecule has 2 rings (SSSR count). The van der Waals surface area contributed by atoms with Crippen LogP contribution in [0.4, 0.5) is 13.2 Å². The Bertz CT molecular complexity index is 569. The Hall–Kier alpha value is -0.740. The Labute approximate surface area is 168 Å². The van der Waals surface area contributed by atoms with Crippen LogP contribution in [0.1, 0.15) is 12.0 Å². The summed E-state index contributed by atoms with van der Waals surface area (Å²) in [7, 11) is 1.66. The van der Waals surface area contributed by atoms with Gasteiger partial charge in [0.2, 0.25) is 0 Å². The summed E-state index contributed by atoms with van der Waals surface area (Å²) in [5.41, 5.74) is 1.03. The molecule has 1 aliphatic rings. The molecule has 0 spiro atoms. The van der Waals surface area contributed by atoms with E-state index in [2.05, 4.69) is 15.6 Å². The summed E-state index contributed by atoms with van der Waals surface area (Å²) in [6.45, 7) is 1.29. The molecule has 142 valence electrons. The standard InChI is InChI=1S/C16H22ClF3N4.HI/c1-21-15(22-8-12-3-2-4-14(17)7-12)23-9-13-5-6-24(10-13)11-16(18,19)20;/h2-4,7,13H,5-6,8-11H2,1H3,(H2,21,22,23);1H. The molecule has 25 heavy (non-hydrogen) atoms. The topological polar surface area (TPSA) is 39.7 Å². The predicted molar refractivity (Wildman–Crippen MR) is 106 cm³/mol. The van der Waals surface area contributed by atoms with Crippen LogP contribution in [0.3, 0.4) is 0 Å². The normalized spacial score (nSPS) is 18.8. The molecule has 2 N–H and O–H groups in total. The Balaban J connectivity index is 0.00000312. The maximum Gasteiger partial charge on any atom is 0.401 e. The molecular weight excluding hydrogens is 468 g/mol. The van der Waals surface area contributed by atoms with Gasteiger partial charge >= 0.3 is 6.18 Å². The molecule has 1 fully saturated rings. The first kappa shape index (κ1) is 22.3. The second-order valence-corrected chi connectivity index (χ2v) is 6.38. The molecule has 0 bridgehead atoms. The first-order valence-corrected chi connectivity index (χ1v) is 8.21. The minimum Gasteiger partial charge on any atom is -0.356 e. The average Bonchev–Trinajstić information content (AvgIpc) is 2.93. The fraction of sp³-hybridized carbons (Fsp3) is 0.562. The monoisotopic (exact) mass is 490 g/mol. The SMILES string of the molecule is CN=C(NCc1cccc(Cl)c1)NCC1CCN(CC(F)(F)F)C1.I. The van der Waals surface area contributed by atoms with Crippen molar-refractivity contribution in [1.82, 2.24) is 15.5 Å². The molecule has 9 heteroatoms. The number of benzene rings is 1. The molecular formula is C16H23ClF3IN4. The van der Waals surface area contributed by atoms with Crippen LogP contribution in [0, 0.1) is 5.92 Å². The van der Waals surface area contributed by atoms with Gasteiger partial charge in [0.05, 0.1) is 6.54 Å². The fourth-order valence-corrected chi connectivity index (χ4v) is 2.98. The summed E-state index contributed by atoms with van der Waals surface area (Å²) < 4.78 is 37.2. The van der Waals surface area contributed by atoms with Crippen molar-refractivity contribution < 1.29 is 13.2 Å². The average molecular weight is 491 g/mol. The van der Waals surface area contributed by atoms with Gasteiger partial charge in [-0.3, -0.25) is 9.89 Å². The number of likely N-dealkylation sites (tertiary alicyclic amines) is 1. The second-order valence-electron chi connectivity index (χ2n) is 5.94. The molecule has 1 saturated heterocycles. The Kier molecular flexibility index (Phi) is 9.29. The highest BCUT2D eigenvalue weighted by Crippen LogP contribution is 2.22. The summed E-state index contributed by atoms with van der Waals surface area (Å²) >= 11 is 5.94. The number of aliphatic imine (C=N–C) groups is 1. The number of hydrogen-bond acceptors (Lipinski definition) is 2. The minimum atomic E-state index is -4.13. The van der Waals surface area contributed by atoms with E-state index in [-0.39, 0.29) is 29.9 Å². The Morgan fingerprint density at radius 3 is 2.76 bits per heavy atom. The lowest BCUT2D eigenvalue weighted by atomic mass is 10.1. The van der Waals surface area contributed by atoms with Crippen molar-refractivity contribution in [1.29, 1.82) is 0 Å². The summed E-state index contributed by atoms with van der Waals surface area (Å²) in [4.78, 5) is 5.59. The number of guanidine groups is 1. The van der Waals surface area contributed by atoms with E-state index in [9.17, 15) is 13.2 Å². The van der Waals surface area contributed by atoms with Gasteiger partial charge in [-0.2, -0.15) is 13.2 Å². The lowest BCUT2D eigenvalue weighted by Gasteiger charge is -2.18. The van der Waals surface area contributed by atoms with Crippen molar-refractivity contribution >= 4 is 41.5 Å². The molecule has 0 amide bonds. The highest BCUT2D eigenvalue weighted by atomic mass is 127. The van der Waals surface area contributed by atoms with Crippen LogP contribution in [0.15, 0.2) is 29.3 Å². The van der Waals surface area contributed by atoms with Crippen molar-refractivity contribution in [3.8, 4) is 0 Å². The largest absolute Gasteiger partial charge is 0.401 e. The predicted octanol–water partition coefficient (Wildman–Crippen LogP) is 3.51. The Morgan fingerprint density at radius 1 is 1.36 bits per heavy atom. The third kappa shape index (κ3) is 8.46. The number of hydrogen-bond donors (Lipinski definition) is 2. The first-order valence-electron chi connectivity index (χ1n) is 7.84. The minimum absolute atomic E-state index is 0. The van der Waals surface area contributed by atoms with E-state index < -0.39 is 12.7 Å². The van der Waals surface area contributed by atoms with Crippen molar-refractivity contribution in [3.05, 3.63) is 34.9 Å². The van der Waals surface area contributed by atoms with E-state index in [0.717, 1.165) is 12.0 Å². The smallest absolute Gasteiger partial charge is 0.356 e. The molecule has 0 aromatic heterocycles. The summed E-state index contributed by atoms with van der Waals surface area (Å²) in [5, 5.41) is 7.02. The number of nitrogens with zero attached hydrogens (tertiary/aromatic N) is 2. The third-order valence-electron chi connectivity index (χ3n) is 3.90. The van der Waals surface area contributed by atoms with Crippen LogP contribution in [-0.2, 0) is 6.54 Å². The molecule has 0 radical (unpaired) electrons.